The molecule has 2 aromatic carbocycles. The average Bonchev–Trinajstić information content (AvgIpc) is 3.04. The van der Waals surface area contributed by atoms with E-state index in [4.69, 9.17) is 9.47 Å². The second kappa shape index (κ2) is 7.24. The van der Waals surface area contributed by atoms with Gasteiger partial charge in [-0.05, 0) is 76.1 Å². The Bertz CT molecular complexity index is 918. The van der Waals surface area contributed by atoms with Crippen LogP contribution in [0.15, 0.2) is 24.3 Å². The number of hydrogen-bond donors (Lipinski definition) is 0. The predicted octanol–water partition coefficient (Wildman–Crippen LogP) is 4.83. The van der Waals surface area contributed by atoms with Crippen LogP contribution in [0.5, 0.6) is 11.5 Å². The van der Waals surface area contributed by atoms with Crippen molar-refractivity contribution in [3.05, 3.63) is 52.1 Å². The van der Waals surface area contributed by atoms with Gasteiger partial charge < -0.3 is 14.4 Å². The summed E-state index contributed by atoms with van der Waals surface area (Å²) >= 11 is 0. The molecular weight excluding hydrogens is 360 g/mol. The number of likely N-dealkylation sites (N-methyl/N-ethyl adjacent to an activating group) is 1. The summed E-state index contributed by atoms with van der Waals surface area (Å²) in [5, 5.41) is 0. The lowest BCUT2D eigenvalue weighted by atomic mass is 9.91. The Morgan fingerprint density at radius 2 is 1.69 bits per heavy atom. The van der Waals surface area contributed by atoms with Gasteiger partial charge in [-0.2, -0.15) is 0 Å². The highest BCUT2D eigenvalue weighted by Crippen LogP contribution is 2.46. The van der Waals surface area contributed by atoms with Crippen molar-refractivity contribution in [2.75, 3.05) is 38.7 Å². The molecule has 4 nitrogen and oxygen atoms in total. The van der Waals surface area contributed by atoms with Gasteiger partial charge in [-0.15, -0.1) is 0 Å². The summed E-state index contributed by atoms with van der Waals surface area (Å²) in [5.41, 5.74) is 8.09. The third kappa shape index (κ3) is 3.48. The quantitative estimate of drug-likeness (QED) is 0.745. The van der Waals surface area contributed by atoms with Crippen LogP contribution in [0.4, 0.5) is 5.69 Å². The Hall–Kier alpha value is -2.20. The molecule has 0 spiro atoms. The van der Waals surface area contributed by atoms with Crippen LogP contribution < -0.4 is 14.4 Å². The largest absolute Gasteiger partial charge is 0.497 e. The summed E-state index contributed by atoms with van der Waals surface area (Å²) in [6.45, 7) is 14.2. The number of anilines is 1. The van der Waals surface area contributed by atoms with Crippen LogP contribution in [-0.2, 0) is 6.42 Å². The van der Waals surface area contributed by atoms with E-state index >= 15 is 0 Å². The van der Waals surface area contributed by atoms with E-state index in [1.807, 2.05) is 0 Å². The fraction of sp³-hybridized carbons (Fsp3) is 0.520. The van der Waals surface area contributed by atoms with Crippen LogP contribution in [-0.4, -0.2) is 44.3 Å². The molecule has 4 heteroatoms. The standard InChI is InChI=1S/C25H34N2O2/c1-16-17(2)24-21(14-25(4,5)29-24)18(3)23(16)27-13-12-26(6)22(15-27)19-8-10-20(28-7)11-9-19/h8-11,22H,12-15H2,1-7H3. The molecule has 2 heterocycles. The molecule has 2 aliphatic rings. The maximum Gasteiger partial charge on any atom is 0.127 e. The first-order valence-corrected chi connectivity index (χ1v) is 10.6. The molecule has 0 aromatic heterocycles. The molecule has 0 aliphatic carbocycles. The lowest BCUT2D eigenvalue weighted by Crippen LogP contribution is -2.47. The topological polar surface area (TPSA) is 24.9 Å². The summed E-state index contributed by atoms with van der Waals surface area (Å²) in [6.07, 6.45) is 0.984. The van der Waals surface area contributed by atoms with Crippen molar-refractivity contribution >= 4 is 5.69 Å². The zero-order chi connectivity index (χ0) is 20.9. The highest BCUT2D eigenvalue weighted by molar-refractivity contribution is 5.70. The Balaban J connectivity index is 1.69. The molecule has 4 rings (SSSR count). The van der Waals surface area contributed by atoms with Crippen molar-refractivity contribution in [3.8, 4) is 11.5 Å². The number of methoxy groups -OCH3 is 1. The molecule has 1 fully saturated rings. The average molecular weight is 395 g/mol. The summed E-state index contributed by atoms with van der Waals surface area (Å²) in [4.78, 5) is 5.06. The van der Waals surface area contributed by atoms with Gasteiger partial charge in [0.1, 0.15) is 17.1 Å². The number of nitrogens with zero attached hydrogens (tertiary/aromatic N) is 2. The summed E-state index contributed by atoms with van der Waals surface area (Å²) in [6, 6.07) is 8.91. The fourth-order valence-electron chi connectivity index (χ4n) is 4.99. The lowest BCUT2D eigenvalue weighted by Gasteiger charge is -2.42. The highest BCUT2D eigenvalue weighted by atomic mass is 16.5. The molecule has 2 aliphatic heterocycles. The van der Waals surface area contributed by atoms with Gasteiger partial charge in [0.25, 0.3) is 0 Å². The van der Waals surface area contributed by atoms with Gasteiger partial charge in [0, 0.05) is 37.3 Å². The third-order valence-electron chi connectivity index (χ3n) is 6.79. The highest BCUT2D eigenvalue weighted by Gasteiger charge is 2.36. The van der Waals surface area contributed by atoms with Gasteiger partial charge >= 0.3 is 0 Å². The zero-order valence-corrected chi connectivity index (χ0v) is 18.9. The normalized spacial score (nSPS) is 21.1. The van der Waals surface area contributed by atoms with Gasteiger partial charge in [0.05, 0.1) is 13.2 Å². The van der Waals surface area contributed by atoms with E-state index in [1.165, 1.54) is 33.5 Å². The molecule has 1 saturated heterocycles. The van der Waals surface area contributed by atoms with Gasteiger partial charge in [-0.25, -0.2) is 0 Å². The summed E-state index contributed by atoms with van der Waals surface area (Å²) in [7, 11) is 3.95. The van der Waals surface area contributed by atoms with Crippen LogP contribution in [0.25, 0.3) is 0 Å². The van der Waals surface area contributed by atoms with Gasteiger partial charge in [0.2, 0.25) is 0 Å². The van der Waals surface area contributed by atoms with E-state index in [1.54, 1.807) is 7.11 Å². The van der Waals surface area contributed by atoms with Crippen molar-refractivity contribution in [2.24, 2.45) is 0 Å². The maximum atomic E-state index is 6.32. The molecule has 1 unspecified atom stereocenters. The van der Waals surface area contributed by atoms with E-state index in [2.05, 4.69) is 75.7 Å². The smallest absolute Gasteiger partial charge is 0.127 e. The Labute approximate surface area is 175 Å². The van der Waals surface area contributed by atoms with Gasteiger partial charge in [0.15, 0.2) is 0 Å². The van der Waals surface area contributed by atoms with Gasteiger partial charge in [-0.3, -0.25) is 4.90 Å². The minimum absolute atomic E-state index is 0.114. The minimum atomic E-state index is -0.114. The summed E-state index contributed by atoms with van der Waals surface area (Å²) in [5.74, 6) is 2.03. The van der Waals surface area contributed by atoms with Crippen molar-refractivity contribution in [3.63, 3.8) is 0 Å². The van der Waals surface area contributed by atoms with E-state index in [-0.39, 0.29) is 5.60 Å². The lowest BCUT2D eigenvalue weighted by molar-refractivity contribution is 0.137. The molecule has 2 aromatic rings. The molecule has 0 radical (unpaired) electrons. The number of fused-ring (bicyclic) bond motifs is 1. The van der Waals surface area contributed by atoms with Crippen molar-refractivity contribution in [2.45, 2.75) is 52.7 Å². The summed E-state index contributed by atoms with van der Waals surface area (Å²) < 4.78 is 11.7. The molecule has 156 valence electrons. The van der Waals surface area contributed by atoms with Crippen LogP contribution in [0.2, 0.25) is 0 Å². The van der Waals surface area contributed by atoms with Gasteiger partial charge in [-0.1, -0.05) is 12.1 Å². The van der Waals surface area contributed by atoms with Crippen LogP contribution >= 0.6 is 0 Å². The molecular formula is C25H34N2O2. The van der Waals surface area contributed by atoms with Crippen LogP contribution in [0.1, 0.15) is 47.7 Å². The van der Waals surface area contributed by atoms with Crippen molar-refractivity contribution < 1.29 is 9.47 Å². The van der Waals surface area contributed by atoms with Crippen LogP contribution in [0.3, 0.4) is 0 Å². The van der Waals surface area contributed by atoms with E-state index in [0.717, 1.165) is 37.6 Å². The van der Waals surface area contributed by atoms with E-state index in [0.29, 0.717) is 6.04 Å². The van der Waals surface area contributed by atoms with E-state index in [9.17, 15) is 0 Å². The Morgan fingerprint density at radius 3 is 2.34 bits per heavy atom. The molecule has 1 atom stereocenters. The van der Waals surface area contributed by atoms with Crippen LogP contribution in [0, 0.1) is 20.8 Å². The maximum absolute atomic E-state index is 6.32. The molecule has 29 heavy (non-hydrogen) atoms. The minimum Gasteiger partial charge on any atom is -0.497 e. The first-order valence-electron chi connectivity index (χ1n) is 10.6. The first-order chi connectivity index (χ1) is 13.7. The number of rotatable bonds is 3. The van der Waals surface area contributed by atoms with E-state index < -0.39 is 0 Å². The molecule has 0 saturated carbocycles. The molecule has 0 amide bonds. The molecule has 0 N–H and O–H groups in total. The second-order valence-electron chi connectivity index (χ2n) is 9.29. The third-order valence-corrected chi connectivity index (χ3v) is 6.79. The number of hydrogen-bond acceptors (Lipinski definition) is 4. The molecule has 0 bridgehead atoms. The number of piperazine rings is 1. The van der Waals surface area contributed by atoms with Crippen molar-refractivity contribution in [1.29, 1.82) is 0 Å². The van der Waals surface area contributed by atoms with Crippen molar-refractivity contribution in [1.82, 2.24) is 4.90 Å². The predicted molar refractivity (Wildman–Crippen MR) is 120 cm³/mol. The Morgan fingerprint density at radius 1 is 1.00 bits per heavy atom. The zero-order valence-electron chi connectivity index (χ0n) is 18.9. The number of ether oxygens (including phenoxy) is 2. The fourth-order valence-corrected chi connectivity index (χ4v) is 4.99. The second-order valence-corrected chi connectivity index (χ2v) is 9.29. The Kier molecular flexibility index (Phi) is 5.02. The first kappa shape index (κ1) is 20.1. The monoisotopic (exact) mass is 394 g/mol. The number of benzene rings is 2. The SMILES string of the molecule is COc1ccc(C2CN(c3c(C)c(C)c4c(c3C)CC(C)(C)O4)CCN2C)cc1.